The Morgan fingerprint density at radius 3 is 2.69 bits per heavy atom. The summed E-state index contributed by atoms with van der Waals surface area (Å²) in [5.74, 6) is -0.149. The van der Waals surface area contributed by atoms with Crippen LogP contribution >= 0.6 is 11.9 Å². The van der Waals surface area contributed by atoms with Crippen molar-refractivity contribution in [1.29, 1.82) is 0 Å². The molecular weight excluding hydrogens is 185 g/mol. The van der Waals surface area contributed by atoms with E-state index >= 15 is 0 Å². The molecule has 1 nitrogen and oxygen atoms in total. The van der Waals surface area contributed by atoms with Crippen molar-refractivity contribution in [2.75, 3.05) is 13.1 Å². The van der Waals surface area contributed by atoms with Crippen molar-refractivity contribution in [3.05, 3.63) is 30.1 Å². The number of hydrogen-bond donors (Lipinski definition) is 0. The van der Waals surface area contributed by atoms with E-state index in [2.05, 4.69) is 4.31 Å². The van der Waals surface area contributed by atoms with Crippen molar-refractivity contribution in [2.24, 2.45) is 0 Å². The fourth-order valence-electron chi connectivity index (χ4n) is 1.45. The first-order chi connectivity index (χ1) is 6.34. The molecular formula is C10H12FNS. The maximum Gasteiger partial charge on any atom is 0.124 e. The van der Waals surface area contributed by atoms with Crippen molar-refractivity contribution >= 4 is 11.9 Å². The molecule has 1 aliphatic rings. The van der Waals surface area contributed by atoms with Crippen molar-refractivity contribution in [1.82, 2.24) is 4.31 Å². The summed E-state index contributed by atoms with van der Waals surface area (Å²) in [7, 11) is 0. The lowest BCUT2D eigenvalue weighted by molar-refractivity contribution is 0.585. The summed E-state index contributed by atoms with van der Waals surface area (Å²) in [6.45, 7) is 2.25. The molecule has 0 aliphatic carbocycles. The molecule has 0 radical (unpaired) electrons. The van der Waals surface area contributed by atoms with Crippen LogP contribution in [0.4, 0.5) is 4.39 Å². The lowest BCUT2D eigenvalue weighted by Gasteiger charge is -2.12. The van der Waals surface area contributed by atoms with Crippen molar-refractivity contribution < 1.29 is 4.39 Å². The van der Waals surface area contributed by atoms with Crippen LogP contribution in [-0.4, -0.2) is 17.4 Å². The number of halogens is 1. The van der Waals surface area contributed by atoms with Gasteiger partial charge in [-0.3, -0.25) is 0 Å². The number of rotatable bonds is 2. The Bertz CT molecular complexity index is 284. The average molecular weight is 197 g/mol. The van der Waals surface area contributed by atoms with Crippen molar-refractivity contribution in [3.63, 3.8) is 0 Å². The molecule has 0 atom stereocenters. The highest BCUT2D eigenvalue weighted by Crippen LogP contribution is 2.26. The molecule has 1 aliphatic heterocycles. The Balaban J connectivity index is 2.00. The molecule has 0 spiro atoms. The lowest BCUT2D eigenvalue weighted by atomic mass is 10.4. The predicted molar refractivity (Wildman–Crippen MR) is 53.1 cm³/mol. The van der Waals surface area contributed by atoms with Gasteiger partial charge >= 0.3 is 0 Å². The van der Waals surface area contributed by atoms with Gasteiger partial charge in [-0.15, -0.1) is 0 Å². The van der Waals surface area contributed by atoms with Gasteiger partial charge in [-0.05, 0) is 43.0 Å². The van der Waals surface area contributed by atoms with Crippen LogP contribution in [0.5, 0.6) is 0 Å². The fourth-order valence-corrected chi connectivity index (χ4v) is 2.50. The Labute approximate surface area is 82.1 Å². The third-order valence-corrected chi connectivity index (χ3v) is 3.18. The molecule has 1 saturated heterocycles. The molecule has 0 amide bonds. The Hall–Kier alpha value is -0.540. The maximum absolute atomic E-state index is 12.8. The fraction of sp³-hybridized carbons (Fsp3) is 0.400. The van der Waals surface area contributed by atoms with Gasteiger partial charge < -0.3 is 0 Å². The summed E-state index contributed by atoms with van der Waals surface area (Å²) in [6.07, 6.45) is 2.53. The van der Waals surface area contributed by atoms with Gasteiger partial charge in [0.15, 0.2) is 0 Å². The molecule has 1 heterocycles. The van der Waals surface area contributed by atoms with E-state index in [9.17, 15) is 4.39 Å². The zero-order valence-electron chi connectivity index (χ0n) is 7.37. The van der Waals surface area contributed by atoms with E-state index in [1.54, 1.807) is 24.1 Å². The summed E-state index contributed by atoms with van der Waals surface area (Å²) in [5.41, 5.74) is 0. The summed E-state index contributed by atoms with van der Waals surface area (Å²) < 4.78 is 15.1. The van der Waals surface area contributed by atoms with Crippen LogP contribution < -0.4 is 0 Å². The van der Waals surface area contributed by atoms with Crippen molar-refractivity contribution in [2.45, 2.75) is 17.7 Å². The average Bonchev–Trinajstić information content (AvgIpc) is 2.57. The van der Waals surface area contributed by atoms with Crippen LogP contribution in [0.2, 0.25) is 0 Å². The predicted octanol–water partition coefficient (Wildman–Crippen LogP) is 2.93. The van der Waals surface area contributed by atoms with E-state index in [0.29, 0.717) is 0 Å². The van der Waals surface area contributed by atoms with Gasteiger partial charge in [0.1, 0.15) is 5.82 Å². The SMILES string of the molecule is Fc1cccc(SN2CCCC2)c1. The first-order valence-electron chi connectivity index (χ1n) is 4.53. The highest BCUT2D eigenvalue weighted by atomic mass is 32.2. The smallest absolute Gasteiger partial charge is 0.124 e. The summed E-state index contributed by atoms with van der Waals surface area (Å²) in [4.78, 5) is 1.00. The second kappa shape index (κ2) is 4.11. The maximum atomic E-state index is 12.8. The molecule has 0 bridgehead atoms. The first-order valence-corrected chi connectivity index (χ1v) is 5.30. The molecule has 0 saturated carbocycles. The molecule has 1 aromatic rings. The second-order valence-electron chi connectivity index (χ2n) is 3.18. The van der Waals surface area contributed by atoms with Gasteiger partial charge in [0.05, 0.1) is 0 Å². The molecule has 70 valence electrons. The Kier molecular flexibility index (Phi) is 2.86. The summed E-state index contributed by atoms with van der Waals surface area (Å²) in [6, 6.07) is 6.77. The van der Waals surface area contributed by atoms with Gasteiger partial charge in [-0.2, -0.15) is 0 Å². The highest BCUT2D eigenvalue weighted by Gasteiger charge is 2.12. The van der Waals surface area contributed by atoms with Crippen molar-refractivity contribution in [3.8, 4) is 0 Å². The minimum atomic E-state index is -0.149. The van der Waals surface area contributed by atoms with E-state index in [0.717, 1.165) is 18.0 Å². The zero-order valence-corrected chi connectivity index (χ0v) is 8.19. The van der Waals surface area contributed by atoms with Crippen LogP contribution in [0, 0.1) is 5.82 Å². The highest BCUT2D eigenvalue weighted by molar-refractivity contribution is 7.97. The normalized spacial score (nSPS) is 17.9. The minimum Gasteiger partial charge on any atom is -0.246 e. The minimum absolute atomic E-state index is 0.149. The number of hydrogen-bond acceptors (Lipinski definition) is 2. The number of benzene rings is 1. The van der Waals surface area contributed by atoms with Gasteiger partial charge in [-0.25, -0.2) is 8.70 Å². The van der Waals surface area contributed by atoms with Crippen LogP contribution in [0.15, 0.2) is 29.2 Å². The second-order valence-corrected chi connectivity index (χ2v) is 4.36. The van der Waals surface area contributed by atoms with Crippen LogP contribution in [0.3, 0.4) is 0 Å². The standard InChI is InChI=1S/C10H12FNS/c11-9-4-3-5-10(8-9)13-12-6-1-2-7-12/h3-5,8H,1-2,6-7H2. The molecule has 3 heteroatoms. The zero-order chi connectivity index (χ0) is 9.10. The molecule has 0 N–H and O–H groups in total. The largest absolute Gasteiger partial charge is 0.246 e. The van der Waals surface area contributed by atoms with Gasteiger partial charge in [0.2, 0.25) is 0 Å². The third-order valence-electron chi connectivity index (χ3n) is 2.10. The van der Waals surface area contributed by atoms with Crippen LogP contribution in [0.1, 0.15) is 12.8 Å². The first kappa shape index (κ1) is 9.03. The van der Waals surface area contributed by atoms with E-state index in [-0.39, 0.29) is 5.82 Å². The van der Waals surface area contributed by atoms with E-state index in [1.807, 2.05) is 6.07 Å². The Morgan fingerprint density at radius 2 is 2.00 bits per heavy atom. The van der Waals surface area contributed by atoms with Gasteiger partial charge in [0.25, 0.3) is 0 Å². The quantitative estimate of drug-likeness (QED) is 0.671. The van der Waals surface area contributed by atoms with Crippen LogP contribution in [0.25, 0.3) is 0 Å². The molecule has 13 heavy (non-hydrogen) atoms. The topological polar surface area (TPSA) is 3.24 Å². The molecule has 0 aromatic heterocycles. The lowest BCUT2D eigenvalue weighted by Crippen LogP contribution is -2.08. The molecule has 0 unspecified atom stereocenters. The molecule has 1 fully saturated rings. The van der Waals surface area contributed by atoms with Crippen LogP contribution in [-0.2, 0) is 0 Å². The monoisotopic (exact) mass is 197 g/mol. The summed E-state index contributed by atoms with van der Waals surface area (Å²) >= 11 is 1.66. The van der Waals surface area contributed by atoms with Gasteiger partial charge in [0, 0.05) is 18.0 Å². The Morgan fingerprint density at radius 1 is 1.23 bits per heavy atom. The third kappa shape index (κ3) is 2.45. The van der Waals surface area contributed by atoms with E-state index in [1.165, 1.54) is 18.9 Å². The van der Waals surface area contributed by atoms with E-state index < -0.39 is 0 Å². The van der Waals surface area contributed by atoms with Gasteiger partial charge in [-0.1, -0.05) is 6.07 Å². The molecule has 1 aromatic carbocycles. The van der Waals surface area contributed by atoms with E-state index in [4.69, 9.17) is 0 Å². The number of nitrogens with zero attached hydrogens (tertiary/aromatic N) is 1. The summed E-state index contributed by atoms with van der Waals surface area (Å²) in [5, 5.41) is 0. The molecule has 2 rings (SSSR count).